The van der Waals surface area contributed by atoms with Crippen LogP contribution in [0.2, 0.25) is 4.34 Å². The number of halogens is 1. The highest BCUT2D eigenvalue weighted by molar-refractivity contribution is 7.16. The average Bonchev–Trinajstić information content (AvgIpc) is 2.71. The SMILES string of the molecule is CC(N)C1(c2ccc(Cl)s2)CC1. The topological polar surface area (TPSA) is 26.0 Å². The average molecular weight is 202 g/mol. The second-order valence-corrected chi connectivity index (χ2v) is 5.26. The lowest BCUT2D eigenvalue weighted by Gasteiger charge is -2.17. The van der Waals surface area contributed by atoms with Crippen LogP contribution in [0.4, 0.5) is 0 Å². The molecule has 1 aromatic rings. The fourth-order valence-corrected chi connectivity index (χ4v) is 3.03. The summed E-state index contributed by atoms with van der Waals surface area (Å²) in [7, 11) is 0. The Morgan fingerprint density at radius 3 is 2.58 bits per heavy atom. The summed E-state index contributed by atoms with van der Waals surface area (Å²) in [6.45, 7) is 2.08. The maximum atomic E-state index is 5.94. The van der Waals surface area contributed by atoms with Gasteiger partial charge in [0.15, 0.2) is 0 Å². The summed E-state index contributed by atoms with van der Waals surface area (Å²) >= 11 is 7.55. The van der Waals surface area contributed by atoms with E-state index in [4.69, 9.17) is 17.3 Å². The normalized spacial score (nSPS) is 22.2. The predicted molar refractivity (Wildman–Crippen MR) is 53.9 cm³/mol. The molecule has 0 amide bonds. The van der Waals surface area contributed by atoms with E-state index in [1.807, 2.05) is 6.07 Å². The van der Waals surface area contributed by atoms with Crippen LogP contribution in [0.1, 0.15) is 24.6 Å². The van der Waals surface area contributed by atoms with Crippen LogP contribution in [0.3, 0.4) is 0 Å². The first kappa shape index (κ1) is 8.54. The van der Waals surface area contributed by atoms with Crippen molar-refractivity contribution in [2.75, 3.05) is 0 Å². The third-order valence-corrected chi connectivity index (χ3v) is 4.18. The minimum atomic E-state index is 0.257. The second kappa shape index (κ2) is 2.72. The Labute approximate surface area is 81.5 Å². The first-order valence-corrected chi connectivity index (χ1v) is 5.36. The number of hydrogen-bond acceptors (Lipinski definition) is 2. The first-order valence-electron chi connectivity index (χ1n) is 4.16. The maximum Gasteiger partial charge on any atom is 0.0931 e. The lowest BCUT2D eigenvalue weighted by atomic mass is 9.97. The van der Waals surface area contributed by atoms with Gasteiger partial charge in [-0.25, -0.2) is 0 Å². The zero-order valence-corrected chi connectivity index (χ0v) is 8.58. The van der Waals surface area contributed by atoms with E-state index in [1.165, 1.54) is 17.7 Å². The number of hydrogen-bond donors (Lipinski definition) is 1. The molecule has 1 saturated carbocycles. The van der Waals surface area contributed by atoms with Crippen molar-refractivity contribution in [1.29, 1.82) is 0 Å². The molecule has 0 radical (unpaired) electrons. The Balaban J connectivity index is 2.30. The monoisotopic (exact) mass is 201 g/mol. The van der Waals surface area contributed by atoms with Gasteiger partial charge in [0.25, 0.3) is 0 Å². The molecule has 1 aliphatic carbocycles. The van der Waals surface area contributed by atoms with Crippen LogP contribution in [-0.4, -0.2) is 6.04 Å². The van der Waals surface area contributed by atoms with Gasteiger partial charge in [-0.3, -0.25) is 0 Å². The quantitative estimate of drug-likeness (QED) is 0.783. The van der Waals surface area contributed by atoms with Crippen molar-refractivity contribution in [2.24, 2.45) is 5.73 Å². The molecule has 0 spiro atoms. The van der Waals surface area contributed by atoms with Crippen molar-refractivity contribution in [3.63, 3.8) is 0 Å². The summed E-state index contributed by atoms with van der Waals surface area (Å²) < 4.78 is 0.872. The number of rotatable bonds is 2. The van der Waals surface area contributed by atoms with Gasteiger partial charge in [-0.05, 0) is 31.9 Å². The molecular weight excluding hydrogens is 190 g/mol. The van der Waals surface area contributed by atoms with Crippen LogP contribution >= 0.6 is 22.9 Å². The van der Waals surface area contributed by atoms with Crippen LogP contribution in [0.25, 0.3) is 0 Å². The van der Waals surface area contributed by atoms with Gasteiger partial charge in [0.05, 0.1) is 4.34 Å². The summed E-state index contributed by atoms with van der Waals surface area (Å²) in [5, 5.41) is 0. The molecule has 1 nitrogen and oxygen atoms in total. The fourth-order valence-electron chi connectivity index (χ4n) is 1.64. The fraction of sp³-hybridized carbons (Fsp3) is 0.556. The molecule has 1 aliphatic rings. The molecule has 66 valence electrons. The van der Waals surface area contributed by atoms with Crippen LogP contribution < -0.4 is 5.73 Å². The zero-order chi connectivity index (χ0) is 8.77. The van der Waals surface area contributed by atoms with E-state index in [1.54, 1.807) is 11.3 Å². The second-order valence-electron chi connectivity index (χ2n) is 3.55. The predicted octanol–water partition coefficient (Wildman–Crippen LogP) is 2.78. The lowest BCUT2D eigenvalue weighted by Crippen LogP contribution is -2.30. The van der Waals surface area contributed by atoms with Crippen molar-refractivity contribution in [3.8, 4) is 0 Å². The standard InChI is InChI=1S/C9H12ClNS/c1-6(11)9(4-5-9)7-2-3-8(10)12-7/h2-3,6H,4-5,11H2,1H3. The van der Waals surface area contributed by atoms with E-state index in [-0.39, 0.29) is 11.5 Å². The maximum absolute atomic E-state index is 5.94. The highest BCUT2D eigenvalue weighted by Crippen LogP contribution is 2.52. The molecule has 1 aromatic heterocycles. The summed E-state index contributed by atoms with van der Waals surface area (Å²) in [4.78, 5) is 1.36. The summed E-state index contributed by atoms with van der Waals surface area (Å²) in [6.07, 6.45) is 2.45. The molecule has 1 atom stereocenters. The van der Waals surface area contributed by atoms with E-state index < -0.39 is 0 Å². The molecule has 1 heterocycles. The molecule has 2 N–H and O–H groups in total. The Kier molecular flexibility index (Phi) is 1.94. The first-order chi connectivity index (χ1) is 5.65. The highest BCUT2D eigenvalue weighted by atomic mass is 35.5. The summed E-state index contributed by atoms with van der Waals surface area (Å²) in [5.41, 5.74) is 6.21. The van der Waals surface area contributed by atoms with E-state index in [2.05, 4.69) is 13.0 Å². The van der Waals surface area contributed by atoms with Crippen LogP contribution in [0.15, 0.2) is 12.1 Å². The third kappa shape index (κ3) is 1.18. The van der Waals surface area contributed by atoms with Gasteiger partial charge >= 0.3 is 0 Å². The largest absolute Gasteiger partial charge is 0.327 e. The number of thiophene rings is 1. The molecule has 12 heavy (non-hydrogen) atoms. The van der Waals surface area contributed by atoms with E-state index in [9.17, 15) is 0 Å². The van der Waals surface area contributed by atoms with Crippen molar-refractivity contribution in [2.45, 2.75) is 31.2 Å². The summed E-state index contributed by atoms with van der Waals surface area (Å²) in [6, 6.07) is 4.33. The summed E-state index contributed by atoms with van der Waals surface area (Å²) in [5.74, 6) is 0. The molecule has 0 saturated heterocycles. The number of nitrogens with two attached hydrogens (primary N) is 1. The molecule has 3 heteroatoms. The van der Waals surface area contributed by atoms with Gasteiger partial charge in [0.1, 0.15) is 0 Å². The Morgan fingerprint density at radius 1 is 1.58 bits per heavy atom. The van der Waals surface area contributed by atoms with Gasteiger partial charge in [0, 0.05) is 16.3 Å². The van der Waals surface area contributed by atoms with Gasteiger partial charge in [-0.2, -0.15) is 0 Å². The molecule has 0 aromatic carbocycles. The Morgan fingerprint density at radius 2 is 2.25 bits per heavy atom. The third-order valence-electron chi connectivity index (χ3n) is 2.72. The lowest BCUT2D eigenvalue weighted by molar-refractivity contribution is 0.566. The van der Waals surface area contributed by atoms with Crippen LogP contribution in [-0.2, 0) is 5.41 Å². The zero-order valence-electron chi connectivity index (χ0n) is 7.01. The minimum Gasteiger partial charge on any atom is -0.327 e. The van der Waals surface area contributed by atoms with E-state index in [0.29, 0.717) is 0 Å². The van der Waals surface area contributed by atoms with Gasteiger partial charge < -0.3 is 5.73 Å². The van der Waals surface area contributed by atoms with Crippen LogP contribution in [0.5, 0.6) is 0 Å². The molecule has 1 unspecified atom stereocenters. The smallest absolute Gasteiger partial charge is 0.0931 e. The molecule has 2 rings (SSSR count). The van der Waals surface area contributed by atoms with Gasteiger partial charge in [-0.1, -0.05) is 11.6 Å². The van der Waals surface area contributed by atoms with E-state index in [0.717, 1.165) is 4.34 Å². The van der Waals surface area contributed by atoms with Gasteiger partial charge in [0.2, 0.25) is 0 Å². The highest BCUT2D eigenvalue weighted by Gasteiger charge is 2.48. The Bertz CT molecular complexity index is 288. The molecule has 0 bridgehead atoms. The van der Waals surface area contributed by atoms with Crippen molar-refractivity contribution < 1.29 is 0 Å². The van der Waals surface area contributed by atoms with Gasteiger partial charge in [-0.15, -0.1) is 11.3 Å². The van der Waals surface area contributed by atoms with Crippen LogP contribution in [0, 0.1) is 0 Å². The molecule has 0 aliphatic heterocycles. The van der Waals surface area contributed by atoms with Crippen molar-refractivity contribution in [1.82, 2.24) is 0 Å². The Hall–Kier alpha value is -0.0500. The van der Waals surface area contributed by atoms with Crippen molar-refractivity contribution in [3.05, 3.63) is 21.3 Å². The molecular formula is C9H12ClNS. The minimum absolute atomic E-state index is 0.257. The van der Waals surface area contributed by atoms with E-state index >= 15 is 0 Å². The van der Waals surface area contributed by atoms with Crippen molar-refractivity contribution >= 4 is 22.9 Å². The molecule has 1 fully saturated rings.